The molecule has 0 radical (unpaired) electrons. The molecule has 0 aliphatic rings. The van der Waals surface area contributed by atoms with Crippen LogP contribution in [0.15, 0.2) is 53.5 Å². The van der Waals surface area contributed by atoms with E-state index >= 15 is 0 Å². The van der Waals surface area contributed by atoms with Crippen LogP contribution in [0.4, 0.5) is 5.69 Å². The molecule has 1 unspecified atom stereocenters. The van der Waals surface area contributed by atoms with E-state index in [0.717, 1.165) is 5.56 Å². The van der Waals surface area contributed by atoms with Gasteiger partial charge in [0.25, 0.3) is 11.2 Å². The van der Waals surface area contributed by atoms with E-state index in [1.54, 1.807) is 0 Å². The fourth-order valence-corrected chi connectivity index (χ4v) is 2.55. The second-order valence-electron chi connectivity index (χ2n) is 4.40. The Balaban J connectivity index is 2.30. The minimum Gasteiger partial charge on any atom is -0.308 e. The number of benzene rings is 1. The molecule has 0 bridgehead atoms. The molecule has 2 aromatic rings. The van der Waals surface area contributed by atoms with Crippen molar-refractivity contribution >= 4 is 21.6 Å². The van der Waals surface area contributed by atoms with Crippen LogP contribution in [0.25, 0.3) is 0 Å². The van der Waals surface area contributed by atoms with Crippen LogP contribution in [-0.2, 0) is 6.54 Å². The highest BCUT2D eigenvalue weighted by Gasteiger charge is 2.14. The molecule has 1 aromatic heterocycles. The third kappa shape index (κ3) is 3.33. The van der Waals surface area contributed by atoms with Crippen molar-refractivity contribution in [1.29, 1.82) is 0 Å². The Kier molecular flexibility index (Phi) is 4.68. The number of hydrogen-bond donors (Lipinski definition) is 0. The zero-order valence-electron chi connectivity index (χ0n) is 10.6. The summed E-state index contributed by atoms with van der Waals surface area (Å²) in [5.74, 6) is 0.0795. The fraction of sp³-hybridized carbons (Fsp3) is 0.214. The van der Waals surface area contributed by atoms with Crippen LogP contribution in [0.3, 0.4) is 0 Å². The van der Waals surface area contributed by atoms with Gasteiger partial charge in [-0.1, -0.05) is 46.3 Å². The van der Waals surface area contributed by atoms with Gasteiger partial charge >= 0.3 is 0 Å². The Bertz CT molecular complexity index is 655. The number of alkyl halides is 1. The number of hydrogen-bond acceptors (Lipinski definition) is 3. The van der Waals surface area contributed by atoms with Crippen molar-refractivity contribution in [2.24, 2.45) is 0 Å². The average Bonchev–Trinajstić information content (AvgIpc) is 2.47. The van der Waals surface area contributed by atoms with E-state index in [-0.39, 0.29) is 17.2 Å². The zero-order chi connectivity index (χ0) is 14.5. The van der Waals surface area contributed by atoms with Crippen LogP contribution in [0.2, 0.25) is 0 Å². The molecule has 0 aliphatic heterocycles. The number of rotatable bonds is 5. The molecule has 1 heterocycles. The Morgan fingerprint density at radius 2 is 1.90 bits per heavy atom. The molecular formula is C14H13BrN2O3. The summed E-state index contributed by atoms with van der Waals surface area (Å²) in [7, 11) is 0. The van der Waals surface area contributed by atoms with Crippen molar-refractivity contribution in [2.75, 3.05) is 5.33 Å². The largest absolute Gasteiger partial charge is 0.308 e. The van der Waals surface area contributed by atoms with E-state index < -0.39 is 4.92 Å². The molecule has 6 heteroatoms. The molecule has 5 nitrogen and oxygen atoms in total. The highest BCUT2D eigenvalue weighted by atomic mass is 79.9. The number of nitro groups is 1. The lowest BCUT2D eigenvalue weighted by molar-refractivity contribution is -0.385. The molecule has 0 spiro atoms. The van der Waals surface area contributed by atoms with Gasteiger partial charge in [0.2, 0.25) is 0 Å². The van der Waals surface area contributed by atoms with Crippen LogP contribution in [-0.4, -0.2) is 14.8 Å². The molecule has 1 aromatic carbocycles. The molecule has 0 saturated carbocycles. The van der Waals surface area contributed by atoms with Crippen LogP contribution in [0, 0.1) is 10.1 Å². The SMILES string of the molecule is O=c1ccc([N+](=O)[O-])cn1CC(CBr)c1ccccc1. The number of pyridine rings is 1. The smallest absolute Gasteiger partial charge is 0.285 e. The van der Waals surface area contributed by atoms with Crippen molar-refractivity contribution < 1.29 is 4.92 Å². The van der Waals surface area contributed by atoms with Crippen LogP contribution in [0.1, 0.15) is 11.5 Å². The second-order valence-corrected chi connectivity index (χ2v) is 5.04. The van der Waals surface area contributed by atoms with E-state index in [0.29, 0.717) is 11.9 Å². The Morgan fingerprint density at radius 3 is 2.50 bits per heavy atom. The highest BCUT2D eigenvalue weighted by Crippen LogP contribution is 2.20. The topological polar surface area (TPSA) is 65.1 Å². The molecule has 0 N–H and O–H groups in total. The molecule has 20 heavy (non-hydrogen) atoms. The maximum absolute atomic E-state index is 11.8. The van der Waals surface area contributed by atoms with Crippen LogP contribution < -0.4 is 5.56 Å². The monoisotopic (exact) mass is 336 g/mol. The van der Waals surface area contributed by atoms with E-state index in [1.165, 1.54) is 22.9 Å². The van der Waals surface area contributed by atoms with E-state index in [1.807, 2.05) is 30.3 Å². The third-order valence-corrected chi connectivity index (χ3v) is 3.83. The van der Waals surface area contributed by atoms with E-state index in [4.69, 9.17) is 0 Å². The predicted molar refractivity (Wildman–Crippen MR) is 80.3 cm³/mol. The van der Waals surface area contributed by atoms with Crippen molar-refractivity contribution in [1.82, 2.24) is 4.57 Å². The van der Waals surface area contributed by atoms with Gasteiger partial charge in [-0.3, -0.25) is 14.9 Å². The fourth-order valence-electron chi connectivity index (χ4n) is 1.98. The van der Waals surface area contributed by atoms with Crippen LogP contribution in [0.5, 0.6) is 0 Å². The molecule has 0 aliphatic carbocycles. The molecule has 0 saturated heterocycles. The minimum absolute atomic E-state index is 0.0778. The summed E-state index contributed by atoms with van der Waals surface area (Å²) in [5.41, 5.74) is 0.770. The quantitative estimate of drug-likeness (QED) is 0.479. The van der Waals surface area contributed by atoms with Gasteiger partial charge < -0.3 is 4.57 Å². The summed E-state index contributed by atoms with van der Waals surface area (Å²) < 4.78 is 1.39. The summed E-state index contributed by atoms with van der Waals surface area (Å²) in [4.78, 5) is 22.1. The van der Waals surface area contributed by atoms with Crippen molar-refractivity contribution in [3.8, 4) is 0 Å². The standard InChI is InChI=1S/C14H13BrN2O3/c15-8-12(11-4-2-1-3-5-11)9-16-10-13(17(19)20)6-7-14(16)18/h1-7,10,12H,8-9H2. The zero-order valence-corrected chi connectivity index (χ0v) is 12.2. The normalized spacial score (nSPS) is 12.1. The maximum atomic E-state index is 11.8. The Labute approximate surface area is 124 Å². The molecule has 1 atom stereocenters. The lowest BCUT2D eigenvalue weighted by atomic mass is 10.0. The number of halogens is 1. The van der Waals surface area contributed by atoms with Gasteiger partial charge in [0.05, 0.1) is 11.1 Å². The van der Waals surface area contributed by atoms with Gasteiger partial charge in [-0.05, 0) is 5.56 Å². The Morgan fingerprint density at radius 1 is 1.20 bits per heavy atom. The lowest BCUT2D eigenvalue weighted by Crippen LogP contribution is -2.23. The summed E-state index contributed by atoms with van der Waals surface area (Å²) >= 11 is 3.43. The second kappa shape index (κ2) is 6.47. The van der Waals surface area contributed by atoms with Crippen molar-refractivity contribution in [3.05, 3.63) is 74.7 Å². The van der Waals surface area contributed by atoms with Gasteiger partial charge in [0, 0.05) is 29.9 Å². The summed E-state index contributed by atoms with van der Waals surface area (Å²) in [6, 6.07) is 12.2. The first-order valence-corrected chi connectivity index (χ1v) is 7.19. The summed E-state index contributed by atoms with van der Waals surface area (Å²) in [6.07, 6.45) is 1.29. The number of nitrogens with zero attached hydrogens (tertiary/aromatic N) is 2. The number of aromatic nitrogens is 1. The highest BCUT2D eigenvalue weighted by molar-refractivity contribution is 9.09. The third-order valence-electron chi connectivity index (χ3n) is 3.05. The van der Waals surface area contributed by atoms with Crippen molar-refractivity contribution in [2.45, 2.75) is 12.5 Å². The van der Waals surface area contributed by atoms with Gasteiger partial charge in [-0.15, -0.1) is 0 Å². The van der Waals surface area contributed by atoms with Crippen molar-refractivity contribution in [3.63, 3.8) is 0 Å². The van der Waals surface area contributed by atoms with E-state index in [9.17, 15) is 14.9 Å². The average molecular weight is 337 g/mol. The molecule has 2 rings (SSSR count). The van der Waals surface area contributed by atoms with Gasteiger partial charge in [-0.2, -0.15) is 0 Å². The predicted octanol–water partition coefficient (Wildman–Crippen LogP) is 2.94. The molecule has 0 amide bonds. The summed E-state index contributed by atoms with van der Waals surface area (Å²) in [6.45, 7) is 0.399. The first-order chi connectivity index (χ1) is 9.61. The van der Waals surface area contributed by atoms with E-state index in [2.05, 4.69) is 15.9 Å². The maximum Gasteiger partial charge on any atom is 0.285 e. The molecular weight excluding hydrogens is 324 g/mol. The van der Waals surface area contributed by atoms with Crippen LogP contribution >= 0.6 is 15.9 Å². The molecule has 104 valence electrons. The lowest BCUT2D eigenvalue weighted by Gasteiger charge is -2.15. The van der Waals surface area contributed by atoms with Gasteiger partial charge in [0.15, 0.2) is 0 Å². The molecule has 0 fully saturated rings. The summed E-state index contributed by atoms with van der Waals surface area (Å²) in [5, 5.41) is 11.4. The Hall–Kier alpha value is -1.95. The first-order valence-electron chi connectivity index (χ1n) is 6.07. The minimum atomic E-state index is -0.498. The first kappa shape index (κ1) is 14.5. The van der Waals surface area contributed by atoms with Gasteiger partial charge in [-0.25, -0.2) is 0 Å². The van der Waals surface area contributed by atoms with Gasteiger partial charge in [0.1, 0.15) is 0 Å².